The second-order valence-electron chi connectivity index (χ2n) is 3.43. The van der Waals surface area contributed by atoms with Crippen molar-refractivity contribution >= 4 is 17.3 Å². The molecule has 1 atom stereocenters. The number of nitrogens with zero attached hydrogens (tertiary/aromatic N) is 1. The molecule has 1 rings (SSSR count). The Labute approximate surface area is 88.0 Å². The molecule has 1 aromatic rings. The largest absolute Gasteiger partial charge is 0.480 e. The molecule has 0 bridgehead atoms. The zero-order chi connectivity index (χ0) is 10.7. The standard InChI is InChI=1S/C10H15NO2S/c1-7-4-5-9(14-7)8(2)11(3)6-10(12)13/h4-5,8H,6H2,1-3H3,(H,12,13). The molecule has 0 saturated carbocycles. The van der Waals surface area contributed by atoms with Crippen molar-refractivity contribution in [3.63, 3.8) is 0 Å². The van der Waals surface area contributed by atoms with Crippen LogP contribution in [0, 0.1) is 6.92 Å². The van der Waals surface area contributed by atoms with Crippen LogP contribution in [0.25, 0.3) is 0 Å². The fourth-order valence-corrected chi connectivity index (χ4v) is 2.24. The van der Waals surface area contributed by atoms with E-state index in [1.165, 1.54) is 9.75 Å². The van der Waals surface area contributed by atoms with Gasteiger partial charge in [-0.1, -0.05) is 0 Å². The van der Waals surface area contributed by atoms with Crippen LogP contribution in [0.5, 0.6) is 0 Å². The average molecular weight is 213 g/mol. The van der Waals surface area contributed by atoms with Gasteiger partial charge in [-0.3, -0.25) is 9.69 Å². The highest BCUT2D eigenvalue weighted by atomic mass is 32.1. The zero-order valence-electron chi connectivity index (χ0n) is 8.65. The highest BCUT2D eigenvalue weighted by Gasteiger charge is 2.15. The number of carboxylic acid groups (broad SMARTS) is 1. The lowest BCUT2D eigenvalue weighted by molar-refractivity contribution is -0.138. The molecule has 0 aliphatic carbocycles. The fraction of sp³-hybridized carbons (Fsp3) is 0.500. The van der Waals surface area contributed by atoms with Gasteiger partial charge in [0, 0.05) is 15.8 Å². The van der Waals surface area contributed by atoms with Gasteiger partial charge >= 0.3 is 5.97 Å². The maximum Gasteiger partial charge on any atom is 0.317 e. The zero-order valence-corrected chi connectivity index (χ0v) is 9.47. The van der Waals surface area contributed by atoms with Crippen LogP contribution in [0.1, 0.15) is 22.7 Å². The van der Waals surface area contributed by atoms with E-state index >= 15 is 0 Å². The number of likely N-dealkylation sites (N-methyl/N-ethyl adjacent to an activating group) is 1. The van der Waals surface area contributed by atoms with Crippen molar-refractivity contribution in [1.82, 2.24) is 4.90 Å². The Balaban J connectivity index is 2.65. The number of carboxylic acids is 1. The summed E-state index contributed by atoms with van der Waals surface area (Å²) in [7, 11) is 1.83. The Bertz CT molecular complexity index is 322. The summed E-state index contributed by atoms with van der Waals surface area (Å²) in [6, 6.07) is 4.29. The summed E-state index contributed by atoms with van der Waals surface area (Å²) < 4.78 is 0. The van der Waals surface area contributed by atoms with E-state index in [0.29, 0.717) is 0 Å². The predicted molar refractivity (Wildman–Crippen MR) is 57.7 cm³/mol. The molecule has 0 amide bonds. The highest BCUT2D eigenvalue weighted by molar-refractivity contribution is 7.12. The first-order valence-corrected chi connectivity index (χ1v) is 5.30. The summed E-state index contributed by atoms with van der Waals surface area (Å²) in [6.07, 6.45) is 0. The van der Waals surface area contributed by atoms with Crippen LogP contribution in [0.4, 0.5) is 0 Å². The minimum atomic E-state index is -0.785. The number of hydrogen-bond acceptors (Lipinski definition) is 3. The molecule has 14 heavy (non-hydrogen) atoms. The summed E-state index contributed by atoms with van der Waals surface area (Å²) in [4.78, 5) is 14.8. The molecule has 0 aliphatic rings. The normalized spacial score (nSPS) is 13.1. The van der Waals surface area contributed by atoms with E-state index in [1.807, 2.05) is 18.9 Å². The molecule has 0 radical (unpaired) electrons. The molecular weight excluding hydrogens is 198 g/mol. The summed E-state index contributed by atoms with van der Waals surface area (Å²) in [5, 5.41) is 8.65. The number of rotatable bonds is 4. The summed E-state index contributed by atoms with van der Waals surface area (Å²) in [6.45, 7) is 4.16. The van der Waals surface area contributed by atoms with Gasteiger partial charge in [-0.05, 0) is 33.0 Å². The predicted octanol–water partition coefficient (Wildman–Crippen LogP) is 2.13. The van der Waals surface area contributed by atoms with Crippen molar-refractivity contribution in [2.75, 3.05) is 13.6 Å². The molecule has 0 aliphatic heterocycles. The van der Waals surface area contributed by atoms with Crippen molar-refractivity contribution in [2.45, 2.75) is 19.9 Å². The number of hydrogen-bond donors (Lipinski definition) is 1. The van der Waals surface area contributed by atoms with Gasteiger partial charge in [0.2, 0.25) is 0 Å². The lowest BCUT2D eigenvalue weighted by Crippen LogP contribution is -2.27. The Morgan fingerprint density at radius 1 is 1.64 bits per heavy atom. The minimum Gasteiger partial charge on any atom is -0.480 e. The van der Waals surface area contributed by atoms with E-state index in [4.69, 9.17) is 5.11 Å². The van der Waals surface area contributed by atoms with Crippen LogP contribution in [0.3, 0.4) is 0 Å². The second kappa shape index (κ2) is 4.57. The molecular formula is C10H15NO2S. The van der Waals surface area contributed by atoms with Gasteiger partial charge in [0.15, 0.2) is 0 Å². The van der Waals surface area contributed by atoms with E-state index in [0.717, 1.165) is 0 Å². The molecule has 3 nitrogen and oxygen atoms in total. The van der Waals surface area contributed by atoms with Gasteiger partial charge in [-0.25, -0.2) is 0 Å². The minimum absolute atomic E-state index is 0.0815. The van der Waals surface area contributed by atoms with Gasteiger partial charge in [-0.15, -0.1) is 11.3 Å². The van der Waals surface area contributed by atoms with Crippen molar-refractivity contribution in [2.24, 2.45) is 0 Å². The third-order valence-electron chi connectivity index (χ3n) is 2.22. The Kier molecular flexibility index (Phi) is 3.66. The Morgan fingerprint density at radius 2 is 2.29 bits per heavy atom. The molecule has 1 aromatic heterocycles. The van der Waals surface area contributed by atoms with Gasteiger partial charge in [-0.2, -0.15) is 0 Å². The van der Waals surface area contributed by atoms with Crippen molar-refractivity contribution in [3.8, 4) is 0 Å². The summed E-state index contributed by atoms with van der Waals surface area (Å²) in [5.41, 5.74) is 0. The third-order valence-corrected chi connectivity index (χ3v) is 3.39. The number of aliphatic carboxylic acids is 1. The molecule has 1 unspecified atom stereocenters. The molecule has 1 N–H and O–H groups in total. The SMILES string of the molecule is Cc1ccc(C(C)N(C)CC(=O)O)s1. The highest BCUT2D eigenvalue weighted by Crippen LogP contribution is 2.25. The Morgan fingerprint density at radius 3 is 2.71 bits per heavy atom. The molecule has 0 spiro atoms. The smallest absolute Gasteiger partial charge is 0.317 e. The monoisotopic (exact) mass is 213 g/mol. The van der Waals surface area contributed by atoms with Crippen LogP contribution in [0.15, 0.2) is 12.1 Å². The van der Waals surface area contributed by atoms with Gasteiger partial charge < -0.3 is 5.11 Å². The summed E-state index contributed by atoms with van der Waals surface area (Å²) >= 11 is 1.72. The van der Waals surface area contributed by atoms with E-state index < -0.39 is 5.97 Å². The molecule has 0 saturated heterocycles. The van der Waals surface area contributed by atoms with Crippen LogP contribution in [-0.4, -0.2) is 29.6 Å². The molecule has 4 heteroatoms. The molecule has 0 aromatic carbocycles. The number of aryl methyl sites for hydroxylation is 1. The van der Waals surface area contributed by atoms with Crippen molar-refractivity contribution in [3.05, 3.63) is 21.9 Å². The van der Waals surface area contributed by atoms with E-state index in [9.17, 15) is 4.79 Å². The van der Waals surface area contributed by atoms with E-state index in [1.54, 1.807) is 11.3 Å². The first kappa shape index (κ1) is 11.2. The maximum absolute atomic E-state index is 10.5. The van der Waals surface area contributed by atoms with Crippen LogP contribution in [0.2, 0.25) is 0 Å². The van der Waals surface area contributed by atoms with E-state index in [2.05, 4.69) is 19.1 Å². The molecule has 1 heterocycles. The Hall–Kier alpha value is -0.870. The van der Waals surface area contributed by atoms with Gasteiger partial charge in [0.1, 0.15) is 0 Å². The number of carbonyl (C=O) groups is 1. The fourth-order valence-electron chi connectivity index (χ4n) is 1.25. The quantitative estimate of drug-likeness (QED) is 0.833. The first-order valence-electron chi connectivity index (χ1n) is 4.49. The lowest BCUT2D eigenvalue weighted by atomic mass is 10.2. The van der Waals surface area contributed by atoms with Crippen LogP contribution in [-0.2, 0) is 4.79 Å². The first-order chi connectivity index (χ1) is 6.50. The van der Waals surface area contributed by atoms with Gasteiger partial charge in [0.05, 0.1) is 6.54 Å². The average Bonchev–Trinajstić information content (AvgIpc) is 2.49. The van der Waals surface area contributed by atoms with Crippen LogP contribution >= 0.6 is 11.3 Å². The second-order valence-corrected chi connectivity index (χ2v) is 4.75. The molecule has 78 valence electrons. The third kappa shape index (κ3) is 2.82. The van der Waals surface area contributed by atoms with Crippen LogP contribution < -0.4 is 0 Å². The van der Waals surface area contributed by atoms with Gasteiger partial charge in [0.25, 0.3) is 0 Å². The maximum atomic E-state index is 10.5. The molecule has 0 fully saturated rings. The van der Waals surface area contributed by atoms with Crippen molar-refractivity contribution in [1.29, 1.82) is 0 Å². The number of thiophene rings is 1. The summed E-state index contributed by atoms with van der Waals surface area (Å²) in [5.74, 6) is -0.785. The van der Waals surface area contributed by atoms with Crippen molar-refractivity contribution < 1.29 is 9.90 Å². The topological polar surface area (TPSA) is 40.5 Å². The van der Waals surface area contributed by atoms with E-state index in [-0.39, 0.29) is 12.6 Å². The lowest BCUT2D eigenvalue weighted by Gasteiger charge is -2.21.